The molecule has 0 unspecified atom stereocenters. The average Bonchev–Trinajstić information content (AvgIpc) is 3.71. The molecule has 2 amide bonds. The Bertz CT molecular complexity index is 1780. The van der Waals surface area contributed by atoms with Crippen molar-refractivity contribution >= 4 is 45.9 Å². The van der Waals surface area contributed by atoms with Crippen molar-refractivity contribution in [1.29, 1.82) is 0 Å². The molecule has 9 nitrogen and oxygen atoms in total. The molecular weight excluding hydrogens is 629 g/mol. The van der Waals surface area contributed by atoms with Crippen molar-refractivity contribution < 1.29 is 37.0 Å². The lowest BCUT2D eigenvalue weighted by atomic mass is 9.93. The molecule has 5 rings (SSSR count). The first kappa shape index (κ1) is 31.5. The normalized spacial score (nSPS) is 14.8. The summed E-state index contributed by atoms with van der Waals surface area (Å²) in [6.45, 7) is 0.166. The van der Waals surface area contributed by atoms with Gasteiger partial charge in [0.05, 0.1) is 41.4 Å². The minimum atomic E-state index is -5.40. The Labute approximate surface area is 257 Å². The van der Waals surface area contributed by atoms with Gasteiger partial charge in [0.25, 0.3) is 5.91 Å². The van der Waals surface area contributed by atoms with Gasteiger partial charge in [-0.15, -0.1) is 0 Å². The van der Waals surface area contributed by atoms with Crippen LogP contribution in [0.5, 0.6) is 5.75 Å². The van der Waals surface area contributed by atoms with Crippen molar-refractivity contribution in [2.24, 2.45) is 5.73 Å². The van der Waals surface area contributed by atoms with E-state index in [1.807, 2.05) is 0 Å². The van der Waals surface area contributed by atoms with Crippen LogP contribution in [0.4, 0.5) is 17.6 Å². The third-order valence-electron chi connectivity index (χ3n) is 7.07. The van der Waals surface area contributed by atoms with Gasteiger partial charge in [0, 0.05) is 28.3 Å². The molecule has 2 aromatic heterocycles. The van der Waals surface area contributed by atoms with Crippen LogP contribution in [0.15, 0.2) is 42.6 Å². The maximum Gasteiger partial charge on any atom is 0.424 e. The second-order valence-electron chi connectivity index (χ2n) is 10.3. The van der Waals surface area contributed by atoms with Gasteiger partial charge in [0.1, 0.15) is 22.8 Å². The number of primary amides is 1. The fourth-order valence-corrected chi connectivity index (χ4v) is 5.19. The average molecular weight is 654 g/mol. The molecule has 1 aliphatic rings. The fourth-order valence-electron chi connectivity index (χ4n) is 4.71. The number of halogens is 6. The number of fused-ring (bicyclic) bond motifs is 1. The molecule has 1 fully saturated rings. The summed E-state index contributed by atoms with van der Waals surface area (Å²) in [5, 5.41) is 17.9. The number of aromatic nitrogens is 3. The Balaban J connectivity index is 1.56. The zero-order valence-corrected chi connectivity index (χ0v) is 24.5. The summed E-state index contributed by atoms with van der Waals surface area (Å²) in [5.74, 6) is -2.97. The Morgan fingerprint density at radius 1 is 1.20 bits per heavy atom. The highest BCUT2D eigenvalue weighted by Gasteiger charge is 2.57. The van der Waals surface area contributed by atoms with Crippen molar-refractivity contribution in [3.05, 3.63) is 75.3 Å². The molecule has 2 aromatic carbocycles. The zero-order valence-electron chi connectivity index (χ0n) is 23.0. The molecule has 1 aliphatic carbocycles. The summed E-state index contributed by atoms with van der Waals surface area (Å²) >= 11 is 12.5. The highest BCUT2D eigenvalue weighted by molar-refractivity contribution is 6.35. The molecule has 0 saturated heterocycles. The third-order valence-corrected chi connectivity index (χ3v) is 7.74. The van der Waals surface area contributed by atoms with Gasteiger partial charge < -0.3 is 20.9 Å². The number of aliphatic hydroxyl groups is 1. The number of hydrogen-bond acceptors (Lipinski definition) is 6. The van der Waals surface area contributed by atoms with Crippen LogP contribution in [0.25, 0.3) is 22.2 Å². The first-order chi connectivity index (χ1) is 20.7. The van der Waals surface area contributed by atoms with Crippen LogP contribution in [0.1, 0.15) is 47.4 Å². The molecular formula is C29H25Cl2F4N5O4. The minimum absolute atomic E-state index is 0.0151. The van der Waals surface area contributed by atoms with E-state index in [0.29, 0.717) is 10.9 Å². The van der Waals surface area contributed by atoms with Crippen molar-refractivity contribution in [2.75, 3.05) is 13.2 Å². The number of ether oxygens (including phenoxy) is 1. The molecule has 0 aliphatic heterocycles. The van der Waals surface area contributed by atoms with E-state index in [4.69, 9.17) is 33.7 Å². The van der Waals surface area contributed by atoms with Crippen molar-refractivity contribution in [3.8, 4) is 17.0 Å². The van der Waals surface area contributed by atoms with Crippen LogP contribution in [0.2, 0.25) is 10.0 Å². The molecule has 1 saturated carbocycles. The Morgan fingerprint density at radius 2 is 1.93 bits per heavy atom. The third kappa shape index (κ3) is 6.04. The number of hydrogen-bond donors (Lipinski definition) is 3. The second-order valence-corrected chi connectivity index (χ2v) is 11.1. The van der Waals surface area contributed by atoms with E-state index < -0.39 is 53.1 Å². The van der Waals surface area contributed by atoms with Crippen LogP contribution >= 0.6 is 23.2 Å². The van der Waals surface area contributed by atoms with Crippen LogP contribution in [0, 0.1) is 5.82 Å². The van der Waals surface area contributed by atoms with Crippen molar-refractivity contribution in [1.82, 2.24) is 20.1 Å². The first-order valence-corrected chi connectivity index (χ1v) is 14.1. The molecule has 0 spiro atoms. The summed E-state index contributed by atoms with van der Waals surface area (Å²) in [7, 11) is 0. The van der Waals surface area contributed by atoms with Crippen LogP contribution in [0.3, 0.4) is 0 Å². The van der Waals surface area contributed by atoms with E-state index >= 15 is 0 Å². The summed E-state index contributed by atoms with van der Waals surface area (Å²) in [6, 6.07) is 7.29. The number of pyridine rings is 1. The highest BCUT2D eigenvalue weighted by atomic mass is 35.5. The van der Waals surface area contributed by atoms with E-state index in [2.05, 4.69) is 15.4 Å². The van der Waals surface area contributed by atoms with Crippen LogP contribution in [-0.2, 0) is 16.8 Å². The molecule has 0 radical (unpaired) electrons. The number of nitrogens with one attached hydrogen (secondary N) is 1. The van der Waals surface area contributed by atoms with Gasteiger partial charge >= 0.3 is 6.18 Å². The molecule has 2 heterocycles. The topological polar surface area (TPSA) is 132 Å². The van der Waals surface area contributed by atoms with Crippen LogP contribution < -0.4 is 15.8 Å². The number of nitrogens with zero attached hydrogens (tertiary/aromatic N) is 3. The smallest absolute Gasteiger partial charge is 0.424 e. The van der Waals surface area contributed by atoms with Gasteiger partial charge in [-0.25, -0.2) is 9.37 Å². The summed E-state index contributed by atoms with van der Waals surface area (Å²) in [5.41, 5.74) is 0.216. The lowest BCUT2D eigenvalue weighted by Gasteiger charge is -2.31. The Kier molecular flexibility index (Phi) is 8.49. The number of carbonyl (C=O) groups is 2. The van der Waals surface area contributed by atoms with Crippen LogP contribution in [-0.4, -0.2) is 51.0 Å². The minimum Gasteiger partial charge on any atom is -0.491 e. The van der Waals surface area contributed by atoms with E-state index in [1.165, 1.54) is 24.3 Å². The Morgan fingerprint density at radius 3 is 2.57 bits per heavy atom. The highest BCUT2D eigenvalue weighted by Crippen LogP contribution is 2.43. The monoisotopic (exact) mass is 653 g/mol. The number of benzene rings is 2. The van der Waals surface area contributed by atoms with Gasteiger partial charge in [0.15, 0.2) is 0 Å². The Hall–Kier alpha value is -3.94. The predicted octanol–water partition coefficient (Wildman–Crippen LogP) is 5.49. The number of rotatable bonds is 10. The molecule has 44 heavy (non-hydrogen) atoms. The first-order valence-electron chi connectivity index (χ1n) is 13.4. The molecule has 1 atom stereocenters. The SMILES string of the molecule is CCOc1c(CC(N)=O)cc([C@@](O)(CNC(=O)c2cc(Cl)c3nn(C4CC4)cc3c2)C(F)(F)F)nc1-c1cccc(F)c1Cl. The number of nitrogens with two attached hydrogens (primary N) is 1. The quantitative estimate of drug-likeness (QED) is 0.194. The number of amides is 2. The number of carbonyl (C=O) groups excluding carboxylic acids is 2. The second kappa shape index (κ2) is 11.9. The van der Waals surface area contributed by atoms with E-state index in [0.717, 1.165) is 25.0 Å². The lowest BCUT2D eigenvalue weighted by molar-refractivity contribution is -0.265. The maximum absolute atomic E-state index is 14.6. The largest absolute Gasteiger partial charge is 0.491 e. The van der Waals surface area contributed by atoms with E-state index in [9.17, 15) is 32.3 Å². The standard InChI is InChI=1S/C29H25Cl2F4N5O4/c1-2-44-26-14(11-22(36)41)10-21(38-25(26)18-4-3-5-20(32)23(18)31)28(43,29(33,34)35)13-37-27(42)15-8-16-12-40(17-6-7-17)39-24(16)19(30)9-15/h3-5,8-10,12,17,43H,2,6-7,11,13H2,1H3,(H2,36,41)(H,37,42)/t28-/m0/s1. The number of alkyl halides is 3. The van der Waals surface area contributed by atoms with Gasteiger partial charge in [-0.05, 0) is 44.0 Å². The lowest BCUT2D eigenvalue weighted by Crippen LogP contribution is -2.51. The zero-order chi connectivity index (χ0) is 32.0. The van der Waals surface area contributed by atoms with Crippen molar-refractivity contribution in [2.45, 2.75) is 44.0 Å². The molecule has 232 valence electrons. The van der Waals surface area contributed by atoms with Gasteiger partial charge in [-0.2, -0.15) is 18.3 Å². The van der Waals surface area contributed by atoms with Gasteiger partial charge in [-0.3, -0.25) is 14.3 Å². The summed E-state index contributed by atoms with van der Waals surface area (Å²) in [4.78, 5) is 29.0. The van der Waals surface area contributed by atoms with E-state index in [-0.39, 0.29) is 45.8 Å². The van der Waals surface area contributed by atoms with E-state index in [1.54, 1.807) is 17.8 Å². The molecule has 4 aromatic rings. The van der Waals surface area contributed by atoms with Gasteiger partial charge in [0.2, 0.25) is 11.5 Å². The predicted molar refractivity (Wildman–Crippen MR) is 154 cm³/mol. The molecule has 15 heteroatoms. The van der Waals surface area contributed by atoms with Crippen molar-refractivity contribution in [3.63, 3.8) is 0 Å². The summed E-state index contributed by atoms with van der Waals surface area (Å²) in [6.07, 6.45) is -2.42. The molecule has 4 N–H and O–H groups in total. The summed E-state index contributed by atoms with van der Waals surface area (Å²) < 4.78 is 65.6. The molecule has 0 bridgehead atoms. The van der Waals surface area contributed by atoms with Gasteiger partial charge in [-0.1, -0.05) is 35.3 Å². The fraction of sp³-hybridized carbons (Fsp3) is 0.310. The maximum atomic E-state index is 14.6.